The number of hydrogen-bond acceptors (Lipinski definition) is 2. The Labute approximate surface area is 136 Å². The normalized spacial score (nSPS) is 11.7. The highest BCUT2D eigenvalue weighted by Gasteiger charge is 2.20. The van der Waals surface area contributed by atoms with Gasteiger partial charge in [0.15, 0.2) is 6.10 Å². The molecule has 0 aliphatic rings. The van der Waals surface area contributed by atoms with Crippen molar-refractivity contribution < 1.29 is 9.53 Å². The van der Waals surface area contributed by atoms with Crippen molar-refractivity contribution in [1.29, 1.82) is 0 Å². The molecule has 2 nitrogen and oxygen atoms in total. The predicted molar refractivity (Wildman–Crippen MR) is 91.9 cm³/mol. The van der Waals surface area contributed by atoms with Crippen molar-refractivity contribution in [1.82, 2.24) is 0 Å². The van der Waals surface area contributed by atoms with Crippen LogP contribution in [0, 0.1) is 0 Å². The van der Waals surface area contributed by atoms with E-state index in [1.807, 2.05) is 66.7 Å². The van der Waals surface area contributed by atoms with E-state index in [1.54, 1.807) is 0 Å². The number of carbonyl (C=O) groups is 1. The van der Waals surface area contributed by atoms with E-state index >= 15 is 0 Å². The Balaban J connectivity index is 2.12. The summed E-state index contributed by atoms with van der Waals surface area (Å²) in [5, 5.41) is 0. The van der Waals surface area contributed by atoms with Gasteiger partial charge in [-0.25, -0.2) is 0 Å². The summed E-state index contributed by atoms with van der Waals surface area (Å²) in [6, 6.07) is 28.0. The molecule has 0 bridgehead atoms. The second-order valence-corrected chi connectivity index (χ2v) is 5.35. The zero-order valence-electron chi connectivity index (χ0n) is 13.0. The summed E-state index contributed by atoms with van der Waals surface area (Å²) in [5.41, 5.74) is 4.13. The van der Waals surface area contributed by atoms with E-state index in [1.165, 1.54) is 6.92 Å². The van der Waals surface area contributed by atoms with Crippen LogP contribution in [0.5, 0.6) is 0 Å². The molecule has 0 amide bonds. The molecule has 0 N–H and O–H groups in total. The average molecular weight is 302 g/mol. The Morgan fingerprint density at radius 1 is 0.783 bits per heavy atom. The molecule has 0 aliphatic heterocycles. The first-order valence-electron chi connectivity index (χ1n) is 7.62. The van der Waals surface area contributed by atoms with Gasteiger partial charge in [0.05, 0.1) is 0 Å². The van der Waals surface area contributed by atoms with Crippen LogP contribution >= 0.6 is 0 Å². The quantitative estimate of drug-likeness (QED) is 0.633. The zero-order chi connectivity index (χ0) is 16.1. The molecule has 1 unspecified atom stereocenters. The molecule has 0 fully saturated rings. The van der Waals surface area contributed by atoms with Crippen LogP contribution in [-0.4, -0.2) is 5.97 Å². The van der Waals surface area contributed by atoms with Crippen LogP contribution in [0.25, 0.3) is 11.1 Å². The Morgan fingerprint density at radius 2 is 1.35 bits per heavy atom. The SMILES string of the molecule is CC(=O)OC(c1ccccc1)c1ccccc1-c1ccccc1. The summed E-state index contributed by atoms with van der Waals surface area (Å²) < 4.78 is 5.65. The van der Waals surface area contributed by atoms with E-state index < -0.39 is 6.10 Å². The summed E-state index contributed by atoms with van der Waals surface area (Å²) in [6.45, 7) is 1.45. The third kappa shape index (κ3) is 3.49. The highest BCUT2D eigenvalue weighted by atomic mass is 16.5. The fourth-order valence-electron chi connectivity index (χ4n) is 2.71. The van der Waals surface area contributed by atoms with Crippen molar-refractivity contribution in [2.24, 2.45) is 0 Å². The second kappa shape index (κ2) is 6.93. The first-order valence-corrected chi connectivity index (χ1v) is 7.62. The Bertz CT molecular complexity index is 779. The highest BCUT2D eigenvalue weighted by molar-refractivity contribution is 5.71. The summed E-state index contributed by atoms with van der Waals surface area (Å²) in [4.78, 5) is 11.6. The van der Waals surface area contributed by atoms with Gasteiger partial charge < -0.3 is 4.74 Å². The minimum absolute atomic E-state index is 0.290. The minimum Gasteiger partial charge on any atom is -0.453 e. The molecule has 23 heavy (non-hydrogen) atoms. The van der Waals surface area contributed by atoms with Gasteiger partial charge in [-0.2, -0.15) is 0 Å². The lowest BCUT2D eigenvalue weighted by Crippen LogP contribution is -2.11. The number of hydrogen-bond donors (Lipinski definition) is 0. The van der Waals surface area contributed by atoms with Gasteiger partial charge in [-0.1, -0.05) is 84.9 Å². The Hall–Kier alpha value is -2.87. The van der Waals surface area contributed by atoms with Gasteiger partial charge in [0.1, 0.15) is 0 Å². The topological polar surface area (TPSA) is 26.3 Å². The summed E-state index contributed by atoms with van der Waals surface area (Å²) in [5.74, 6) is -0.290. The molecule has 3 aromatic rings. The van der Waals surface area contributed by atoms with E-state index in [4.69, 9.17) is 4.74 Å². The van der Waals surface area contributed by atoms with Gasteiger partial charge in [-0.15, -0.1) is 0 Å². The fourth-order valence-corrected chi connectivity index (χ4v) is 2.71. The van der Waals surface area contributed by atoms with E-state index in [0.717, 1.165) is 22.3 Å². The van der Waals surface area contributed by atoms with Crippen LogP contribution in [0.1, 0.15) is 24.2 Å². The standard InChI is InChI=1S/C21H18O2/c1-16(22)23-21(18-12-6-3-7-13-18)20-15-9-8-14-19(20)17-10-4-2-5-11-17/h2-15,21H,1H3. The molecule has 0 saturated carbocycles. The largest absolute Gasteiger partial charge is 0.453 e. The molecular weight excluding hydrogens is 284 g/mol. The first kappa shape index (κ1) is 15.0. The zero-order valence-corrected chi connectivity index (χ0v) is 13.0. The summed E-state index contributed by atoms with van der Waals surface area (Å²) >= 11 is 0. The maximum atomic E-state index is 11.6. The van der Waals surface area contributed by atoms with E-state index in [-0.39, 0.29) is 5.97 Å². The third-order valence-electron chi connectivity index (χ3n) is 3.71. The van der Waals surface area contributed by atoms with Crippen molar-refractivity contribution in [3.63, 3.8) is 0 Å². The number of esters is 1. The van der Waals surface area contributed by atoms with E-state index in [2.05, 4.69) is 18.2 Å². The number of ether oxygens (including phenoxy) is 1. The smallest absolute Gasteiger partial charge is 0.303 e. The lowest BCUT2D eigenvalue weighted by Gasteiger charge is -2.21. The maximum Gasteiger partial charge on any atom is 0.303 e. The molecule has 3 rings (SSSR count). The number of rotatable bonds is 4. The molecule has 0 aromatic heterocycles. The molecule has 2 heteroatoms. The van der Waals surface area contributed by atoms with Gasteiger partial charge >= 0.3 is 5.97 Å². The van der Waals surface area contributed by atoms with Gasteiger partial charge in [0.25, 0.3) is 0 Å². The van der Waals surface area contributed by atoms with Crippen LogP contribution < -0.4 is 0 Å². The van der Waals surface area contributed by atoms with Crippen molar-refractivity contribution in [2.45, 2.75) is 13.0 Å². The molecule has 1 atom stereocenters. The summed E-state index contributed by atoms with van der Waals surface area (Å²) in [7, 11) is 0. The van der Waals surface area contributed by atoms with E-state index in [9.17, 15) is 4.79 Å². The van der Waals surface area contributed by atoms with Crippen molar-refractivity contribution in [3.05, 3.63) is 96.1 Å². The monoisotopic (exact) mass is 302 g/mol. The van der Waals surface area contributed by atoms with Crippen LogP contribution in [0.3, 0.4) is 0 Å². The van der Waals surface area contributed by atoms with Gasteiger partial charge in [0, 0.05) is 12.5 Å². The highest BCUT2D eigenvalue weighted by Crippen LogP contribution is 2.34. The van der Waals surface area contributed by atoms with Crippen LogP contribution in [0.4, 0.5) is 0 Å². The molecule has 114 valence electrons. The molecule has 0 heterocycles. The Morgan fingerprint density at radius 3 is 2.00 bits per heavy atom. The van der Waals surface area contributed by atoms with E-state index in [0.29, 0.717) is 0 Å². The molecule has 0 aliphatic carbocycles. The third-order valence-corrected chi connectivity index (χ3v) is 3.71. The van der Waals surface area contributed by atoms with Crippen molar-refractivity contribution in [2.75, 3.05) is 0 Å². The predicted octanol–water partition coefficient (Wildman–Crippen LogP) is 5.01. The summed E-state index contributed by atoms with van der Waals surface area (Å²) in [6.07, 6.45) is -0.412. The Kier molecular flexibility index (Phi) is 4.53. The second-order valence-electron chi connectivity index (χ2n) is 5.35. The van der Waals surface area contributed by atoms with Gasteiger partial charge in [-0.3, -0.25) is 4.79 Å². The first-order chi connectivity index (χ1) is 11.3. The molecule has 0 saturated heterocycles. The average Bonchev–Trinajstić information content (AvgIpc) is 2.61. The van der Waals surface area contributed by atoms with Crippen LogP contribution in [-0.2, 0) is 9.53 Å². The molecule has 3 aromatic carbocycles. The van der Waals surface area contributed by atoms with Crippen LogP contribution in [0.15, 0.2) is 84.9 Å². The molecule has 0 spiro atoms. The lowest BCUT2D eigenvalue weighted by atomic mass is 9.92. The number of carbonyl (C=O) groups excluding carboxylic acids is 1. The fraction of sp³-hybridized carbons (Fsp3) is 0.0952. The molecular formula is C21H18O2. The van der Waals surface area contributed by atoms with Gasteiger partial charge in [-0.05, 0) is 16.7 Å². The molecule has 0 radical (unpaired) electrons. The van der Waals surface area contributed by atoms with Crippen molar-refractivity contribution >= 4 is 5.97 Å². The number of benzene rings is 3. The maximum absolute atomic E-state index is 11.6. The lowest BCUT2D eigenvalue weighted by molar-refractivity contribution is -0.144. The van der Waals surface area contributed by atoms with Gasteiger partial charge in [0.2, 0.25) is 0 Å². The van der Waals surface area contributed by atoms with Crippen molar-refractivity contribution in [3.8, 4) is 11.1 Å². The van der Waals surface area contributed by atoms with Crippen LogP contribution in [0.2, 0.25) is 0 Å². The minimum atomic E-state index is -0.412.